The number of hydrogen-bond acceptors (Lipinski definition) is 5. The molecule has 6 nitrogen and oxygen atoms in total. The molecule has 1 aromatic heterocycles. The Morgan fingerprint density at radius 3 is 2.76 bits per heavy atom. The molecule has 3 rings (SSSR count). The van der Waals surface area contributed by atoms with Crippen LogP contribution in [0.25, 0.3) is 0 Å². The second-order valence-corrected chi connectivity index (χ2v) is 9.07. The minimum absolute atomic E-state index is 0.00686. The zero-order valence-electron chi connectivity index (χ0n) is 20.4. The van der Waals surface area contributed by atoms with Crippen LogP contribution in [-0.2, 0) is 6.54 Å². The van der Waals surface area contributed by atoms with Crippen molar-refractivity contribution in [1.29, 1.82) is 0 Å². The summed E-state index contributed by atoms with van der Waals surface area (Å²) in [5.41, 5.74) is 2.03. The summed E-state index contributed by atoms with van der Waals surface area (Å²) in [4.78, 5) is 21.7. The van der Waals surface area contributed by atoms with Crippen LogP contribution in [0.5, 0.6) is 5.88 Å². The quantitative estimate of drug-likeness (QED) is 0.629. The number of amides is 1. The third kappa shape index (κ3) is 6.55. The zero-order valence-corrected chi connectivity index (χ0v) is 20.4. The van der Waals surface area contributed by atoms with Crippen molar-refractivity contribution in [2.75, 3.05) is 26.7 Å². The lowest BCUT2D eigenvalue weighted by Crippen LogP contribution is -2.49. The second kappa shape index (κ2) is 12.0. The molecule has 0 fully saturated rings. The molecule has 1 N–H and O–H groups in total. The number of aliphatic hydroxyl groups excluding tert-OH is 1. The number of carbonyl (C=O) groups excluding carboxylic acids is 1. The zero-order chi connectivity index (χ0) is 24.7. The van der Waals surface area contributed by atoms with E-state index in [-0.39, 0.29) is 42.3 Å². The van der Waals surface area contributed by atoms with E-state index in [0.29, 0.717) is 30.8 Å². The highest BCUT2D eigenvalue weighted by Crippen LogP contribution is 2.27. The molecule has 3 atom stereocenters. The van der Waals surface area contributed by atoms with Crippen LogP contribution < -0.4 is 4.74 Å². The molecule has 0 radical (unpaired) electrons. The molecule has 0 saturated heterocycles. The minimum atomic E-state index is -0.340. The number of nitrogens with zero attached hydrogens (tertiary/aromatic N) is 3. The van der Waals surface area contributed by atoms with Gasteiger partial charge in [-0.05, 0) is 44.2 Å². The molecule has 34 heavy (non-hydrogen) atoms. The molecule has 1 aliphatic rings. The summed E-state index contributed by atoms with van der Waals surface area (Å²) in [6.45, 7) is 7.47. The third-order valence-electron chi connectivity index (χ3n) is 5.99. The lowest BCUT2D eigenvalue weighted by molar-refractivity contribution is 0.0325. The largest absolute Gasteiger partial charge is 0.472 e. The Morgan fingerprint density at radius 1 is 1.35 bits per heavy atom. The predicted octanol–water partition coefficient (Wildman–Crippen LogP) is 3.72. The van der Waals surface area contributed by atoms with E-state index in [1.54, 1.807) is 29.3 Å². The number of unbranched alkanes of at least 4 members (excludes halogenated alkanes) is 1. The smallest absolute Gasteiger partial charge is 0.259 e. The second-order valence-electron chi connectivity index (χ2n) is 9.07. The number of fused-ring (bicyclic) bond motifs is 1. The molecule has 0 aliphatic carbocycles. The number of halogens is 1. The van der Waals surface area contributed by atoms with Crippen LogP contribution >= 0.6 is 0 Å². The Morgan fingerprint density at radius 2 is 2.09 bits per heavy atom. The molecule has 1 aliphatic heterocycles. The van der Waals surface area contributed by atoms with Crippen LogP contribution in [0.4, 0.5) is 4.39 Å². The van der Waals surface area contributed by atoms with Crippen molar-refractivity contribution in [3.05, 3.63) is 59.0 Å². The first kappa shape index (κ1) is 25.7. The van der Waals surface area contributed by atoms with Gasteiger partial charge in [0.1, 0.15) is 17.5 Å². The van der Waals surface area contributed by atoms with Gasteiger partial charge in [0.05, 0.1) is 12.6 Å². The van der Waals surface area contributed by atoms with Gasteiger partial charge in [-0.25, -0.2) is 9.37 Å². The monoisotopic (exact) mass is 467 g/mol. The topological polar surface area (TPSA) is 65.9 Å². The first-order valence-corrected chi connectivity index (χ1v) is 11.8. The SMILES string of the molecule is CCCC#Cc1cnc2c(c1)C(=O)N([C@@H](C)CO)C[C@@H](C)[C@H](CN(C)Cc1ccc(F)cc1)O2. The van der Waals surface area contributed by atoms with Crippen molar-refractivity contribution in [2.24, 2.45) is 5.92 Å². The maximum Gasteiger partial charge on any atom is 0.259 e. The molecule has 0 bridgehead atoms. The van der Waals surface area contributed by atoms with Crippen molar-refractivity contribution >= 4 is 5.91 Å². The lowest BCUT2D eigenvalue weighted by Gasteiger charge is -2.37. The molecule has 1 amide bonds. The molecule has 7 heteroatoms. The number of likely N-dealkylation sites (N-methyl/N-ethyl adjacent to an activating group) is 1. The summed E-state index contributed by atoms with van der Waals surface area (Å²) in [5.74, 6) is 5.97. The fraction of sp³-hybridized carbons (Fsp3) is 0.481. The average Bonchev–Trinajstić information content (AvgIpc) is 2.82. The van der Waals surface area contributed by atoms with Crippen LogP contribution in [0.3, 0.4) is 0 Å². The fourth-order valence-corrected chi connectivity index (χ4v) is 3.95. The van der Waals surface area contributed by atoms with Gasteiger partial charge in [-0.15, -0.1) is 0 Å². The van der Waals surface area contributed by atoms with Gasteiger partial charge in [-0.2, -0.15) is 0 Å². The lowest BCUT2D eigenvalue weighted by atomic mass is 9.99. The van der Waals surface area contributed by atoms with Gasteiger partial charge in [0.2, 0.25) is 5.88 Å². The van der Waals surface area contributed by atoms with Gasteiger partial charge >= 0.3 is 0 Å². The first-order chi connectivity index (χ1) is 16.3. The van der Waals surface area contributed by atoms with Gasteiger partial charge in [0, 0.05) is 43.7 Å². The van der Waals surface area contributed by atoms with E-state index >= 15 is 0 Å². The number of hydrogen-bond donors (Lipinski definition) is 1. The molecule has 0 unspecified atom stereocenters. The van der Waals surface area contributed by atoms with Crippen LogP contribution in [0.15, 0.2) is 36.5 Å². The van der Waals surface area contributed by atoms with Gasteiger partial charge in [-0.3, -0.25) is 9.69 Å². The summed E-state index contributed by atoms with van der Waals surface area (Å²) < 4.78 is 19.6. The van der Waals surface area contributed by atoms with Gasteiger partial charge in [-0.1, -0.05) is 37.8 Å². The number of pyridine rings is 1. The van der Waals surface area contributed by atoms with Crippen LogP contribution in [0.2, 0.25) is 0 Å². The van der Waals surface area contributed by atoms with Crippen molar-refractivity contribution in [3.8, 4) is 17.7 Å². The van der Waals surface area contributed by atoms with Crippen molar-refractivity contribution < 1.29 is 19.0 Å². The molecule has 2 heterocycles. The van der Waals surface area contributed by atoms with E-state index in [1.165, 1.54) is 12.1 Å². The molecular formula is C27H34FN3O3. The fourth-order valence-electron chi connectivity index (χ4n) is 3.95. The molecule has 2 aromatic rings. The van der Waals surface area contributed by atoms with Gasteiger partial charge in [0.25, 0.3) is 5.91 Å². The average molecular weight is 468 g/mol. The summed E-state index contributed by atoms with van der Waals surface area (Å²) >= 11 is 0. The van der Waals surface area contributed by atoms with Crippen LogP contribution in [0, 0.1) is 23.6 Å². The Labute approximate surface area is 201 Å². The molecule has 0 spiro atoms. The molecule has 1 aromatic carbocycles. The highest BCUT2D eigenvalue weighted by Gasteiger charge is 2.34. The highest BCUT2D eigenvalue weighted by atomic mass is 19.1. The summed E-state index contributed by atoms with van der Waals surface area (Å²) in [5, 5.41) is 9.80. The van der Waals surface area contributed by atoms with Crippen LogP contribution in [-0.4, -0.2) is 64.7 Å². The Bertz CT molecular complexity index is 1030. The molecule has 0 saturated carbocycles. The first-order valence-electron chi connectivity index (χ1n) is 11.8. The van der Waals surface area contributed by atoms with Gasteiger partial charge in [0.15, 0.2) is 0 Å². The van der Waals surface area contributed by atoms with E-state index < -0.39 is 0 Å². The van der Waals surface area contributed by atoms with Crippen LogP contribution in [0.1, 0.15) is 55.1 Å². The van der Waals surface area contributed by atoms with E-state index in [4.69, 9.17) is 4.74 Å². The number of ether oxygens (including phenoxy) is 1. The summed E-state index contributed by atoms with van der Waals surface area (Å²) in [7, 11) is 1.98. The highest BCUT2D eigenvalue weighted by molar-refractivity contribution is 5.97. The maximum absolute atomic E-state index is 13.4. The number of benzene rings is 1. The summed E-state index contributed by atoms with van der Waals surface area (Å²) in [6, 6.07) is 7.86. The standard InChI is InChI=1S/C27H34FN3O3/c1-5-6-7-8-22-13-24-26(29-14-22)34-25(19(2)15-31(27(24)33)20(3)18-32)17-30(4)16-21-9-11-23(28)12-10-21/h9-14,19-20,25,32H,5-6,15-18H2,1-4H3/t19-,20+,25+/m1/s1. The minimum Gasteiger partial charge on any atom is -0.472 e. The number of carbonyl (C=O) groups is 1. The maximum atomic E-state index is 13.4. The Kier molecular flexibility index (Phi) is 9.03. The van der Waals surface area contributed by atoms with E-state index in [9.17, 15) is 14.3 Å². The van der Waals surface area contributed by atoms with E-state index in [1.807, 2.05) is 20.9 Å². The van der Waals surface area contributed by atoms with Crippen molar-refractivity contribution in [3.63, 3.8) is 0 Å². The number of aliphatic hydroxyl groups is 1. The Balaban J connectivity index is 1.88. The van der Waals surface area contributed by atoms with Gasteiger partial charge < -0.3 is 14.7 Å². The summed E-state index contributed by atoms with van der Waals surface area (Å²) in [6.07, 6.45) is 3.13. The van der Waals surface area contributed by atoms with Crippen molar-refractivity contribution in [2.45, 2.75) is 52.3 Å². The Hall–Kier alpha value is -2.95. The van der Waals surface area contributed by atoms with Crippen molar-refractivity contribution in [1.82, 2.24) is 14.8 Å². The molecular weight excluding hydrogens is 433 g/mol. The molecule has 182 valence electrons. The predicted molar refractivity (Wildman–Crippen MR) is 130 cm³/mol. The van der Waals surface area contributed by atoms with E-state index in [0.717, 1.165) is 18.4 Å². The number of rotatable bonds is 7. The number of aromatic nitrogens is 1. The third-order valence-corrected chi connectivity index (χ3v) is 5.99. The normalized spacial score (nSPS) is 18.9. The van der Waals surface area contributed by atoms with E-state index in [2.05, 4.69) is 28.6 Å².